The number of hydrogen-bond acceptors (Lipinski definition) is 4. The van der Waals surface area contributed by atoms with Crippen molar-refractivity contribution < 1.29 is 19.1 Å². The van der Waals surface area contributed by atoms with Gasteiger partial charge in [-0.1, -0.05) is 18.7 Å². The minimum Gasteiger partial charge on any atom is -0.502 e. The highest BCUT2D eigenvalue weighted by atomic mass is 16.5. The Morgan fingerprint density at radius 2 is 2.28 bits per heavy atom. The first kappa shape index (κ1) is 13.8. The van der Waals surface area contributed by atoms with Gasteiger partial charge in [-0.3, -0.25) is 0 Å². The highest BCUT2D eigenvalue weighted by Crippen LogP contribution is 2.20. The van der Waals surface area contributed by atoms with Gasteiger partial charge in [-0.25, -0.2) is 4.79 Å². The maximum Gasteiger partial charge on any atom is 0.373 e. The maximum absolute atomic E-state index is 11.2. The van der Waals surface area contributed by atoms with Crippen molar-refractivity contribution >= 4 is 17.6 Å². The number of aliphatic hydroxyl groups excluding tert-OH is 1. The molecule has 0 bridgehead atoms. The second-order valence-corrected chi connectivity index (χ2v) is 3.40. The van der Waals surface area contributed by atoms with Gasteiger partial charge in [0, 0.05) is 11.6 Å². The molecule has 1 N–H and O–H groups in total. The summed E-state index contributed by atoms with van der Waals surface area (Å²) in [4.78, 5) is 11.2. The van der Waals surface area contributed by atoms with Crippen LogP contribution in [0.4, 0.5) is 0 Å². The highest BCUT2D eigenvalue weighted by Gasteiger charge is 2.10. The van der Waals surface area contributed by atoms with E-state index < -0.39 is 11.7 Å². The Hall–Kier alpha value is -2.23. The van der Waals surface area contributed by atoms with Crippen LogP contribution in [0.5, 0.6) is 0 Å². The fourth-order valence-electron chi connectivity index (χ4n) is 1.34. The molecule has 0 radical (unpaired) electrons. The molecule has 4 nitrogen and oxygen atoms in total. The molecule has 0 atom stereocenters. The molecule has 0 spiro atoms. The van der Waals surface area contributed by atoms with Crippen LogP contribution in [0.25, 0.3) is 11.6 Å². The van der Waals surface area contributed by atoms with E-state index in [2.05, 4.69) is 11.3 Å². The molecule has 0 aromatic carbocycles. The Balaban J connectivity index is 2.90. The summed E-state index contributed by atoms with van der Waals surface area (Å²) in [5.74, 6) is -0.268. The molecule has 4 heteroatoms. The Kier molecular flexibility index (Phi) is 4.99. The number of allylic oxidation sites excluding steroid dienone is 3. The van der Waals surface area contributed by atoms with Gasteiger partial charge in [0.15, 0.2) is 0 Å². The third kappa shape index (κ3) is 3.38. The van der Waals surface area contributed by atoms with E-state index in [4.69, 9.17) is 4.42 Å². The van der Waals surface area contributed by atoms with Crippen molar-refractivity contribution in [2.24, 2.45) is 0 Å². The van der Waals surface area contributed by atoms with E-state index in [0.717, 1.165) is 5.57 Å². The lowest BCUT2D eigenvalue weighted by Crippen LogP contribution is -2.06. The molecule has 1 aromatic rings. The molecule has 0 aliphatic rings. The molecule has 0 saturated heterocycles. The second-order valence-electron chi connectivity index (χ2n) is 3.40. The lowest BCUT2D eigenvalue weighted by molar-refractivity contribution is -0.141. The number of rotatable bonds is 5. The molecule has 1 aromatic heterocycles. The number of ether oxygens (including phenoxy) is 1. The predicted molar refractivity (Wildman–Crippen MR) is 69.8 cm³/mol. The van der Waals surface area contributed by atoms with Gasteiger partial charge in [-0.15, -0.1) is 0 Å². The fourth-order valence-corrected chi connectivity index (χ4v) is 1.34. The van der Waals surface area contributed by atoms with E-state index in [1.54, 1.807) is 25.1 Å². The van der Waals surface area contributed by atoms with Crippen LogP contribution in [-0.4, -0.2) is 17.7 Å². The first-order chi connectivity index (χ1) is 8.62. The summed E-state index contributed by atoms with van der Waals surface area (Å²) in [6.45, 7) is 7.40. The lowest BCUT2D eigenvalue weighted by atomic mass is 10.2. The standard InChI is InChI=1S/C14H16O4/c1-4-10(5-2)13-8-7-11(18-13)9-12(15)14(16)17-6-3/h4-5,7-9,15H,1,6H2,2-3H3/b10-5+,12-9-. The number of carbonyl (C=O) groups excluding carboxylic acids is 1. The zero-order valence-electron chi connectivity index (χ0n) is 10.5. The van der Waals surface area contributed by atoms with E-state index in [1.165, 1.54) is 6.08 Å². The van der Waals surface area contributed by atoms with Crippen molar-refractivity contribution in [3.63, 3.8) is 0 Å². The van der Waals surface area contributed by atoms with Crippen LogP contribution in [0, 0.1) is 0 Å². The Bertz CT molecular complexity index is 492. The van der Waals surface area contributed by atoms with E-state index in [-0.39, 0.29) is 6.61 Å². The molecule has 0 fully saturated rings. The van der Waals surface area contributed by atoms with Crippen LogP contribution in [0.3, 0.4) is 0 Å². The zero-order chi connectivity index (χ0) is 13.5. The van der Waals surface area contributed by atoms with Gasteiger partial charge in [-0.05, 0) is 26.0 Å². The van der Waals surface area contributed by atoms with Crippen LogP contribution in [0.2, 0.25) is 0 Å². The number of hydrogen-bond donors (Lipinski definition) is 1. The van der Waals surface area contributed by atoms with E-state index in [1.807, 2.05) is 13.0 Å². The second kappa shape index (κ2) is 6.49. The smallest absolute Gasteiger partial charge is 0.373 e. The molecule has 1 rings (SSSR count). The van der Waals surface area contributed by atoms with Crippen molar-refractivity contribution in [2.75, 3.05) is 6.61 Å². The van der Waals surface area contributed by atoms with Gasteiger partial charge < -0.3 is 14.3 Å². The van der Waals surface area contributed by atoms with Gasteiger partial charge >= 0.3 is 5.97 Å². The SMILES string of the molecule is C=C/C(=C\C)c1ccc(/C=C(\O)C(=O)OCC)o1. The monoisotopic (exact) mass is 248 g/mol. The summed E-state index contributed by atoms with van der Waals surface area (Å²) in [6, 6.07) is 3.39. The summed E-state index contributed by atoms with van der Waals surface area (Å²) in [5, 5.41) is 9.46. The third-order valence-electron chi connectivity index (χ3n) is 2.21. The zero-order valence-corrected chi connectivity index (χ0v) is 10.5. The van der Waals surface area contributed by atoms with Gasteiger partial charge in [0.25, 0.3) is 0 Å². The number of aliphatic hydroxyl groups is 1. The van der Waals surface area contributed by atoms with E-state index in [9.17, 15) is 9.90 Å². The number of carbonyl (C=O) groups is 1. The van der Waals surface area contributed by atoms with Gasteiger partial charge in [0.1, 0.15) is 11.5 Å². The average molecular weight is 248 g/mol. The molecule has 1 heterocycles. The van der Waals surface area contributed by atoms with Crippen molar-refractivity contribution in [1.82, 2.24) is 0 Å². The average Bonchev–Trinajstić information content (AvgIpc) is 2.79. The van der Waals surface area contributed by atoms with Crippen LogP contribution in [-0.2, 0) is 9.53 Å². The maximum atomic E-state index is 11.2. The summed E-state index contributed by atoms with van der Waals surface area (Å²) in [7, 11) is 0. The fraction of sp³-hybridized carbons (Fsp3) is 0.214. The molecule has 0 aliphatic heterocycles. The van der Waals surface area contributed by atoms with Crippen molar-refractivity contribution in [2.45, 2.75) is 13.8 Å². The highest BCUT2D eigenvalue weighted by molar-refractivity contribution is 5.90. The normalized spacial score (nSPS) is 12.3. The lowest BCUT2D eigenvalue weighted by Gasteiger charge is -1.99. The molecule has 0 unspecified atom stereocenters. The first-order valence-electron chi connectivity index (χ1n) is 5.59. The quantitative estimate of drug-likeness (QED) is 0.376. The molecular formula is C14H16O4. The van der Waals surface area contributed by atoms with Crippen molar-refractivity contribution in [1.29, 1.82) is 0 Å². The Labute approximate surface area is 106 Å². The van der Waals surface area contributed by atoms with Gasteiger partial charge in [0.05, 0.1) is 6.61 Å². The van der Waals surface area contributed by atoms with Gasteiger partial charge in [0.2, 0.25) is 5.76 Å². The van der Waals surface area contributed by atoms with E-state index in [0.29, 0.717) is 11.5 Å². The molecule has 96 valence electrons. The van der Waals surface area contributed by atoms with Crippen LogP contribution in [0.1, 0.15) is 25.4 Å². The minimum atomic E-state index is -0.773. The number of furan rings is 1. The Morgan fingerprint density at radius 1 is 1.56 bits per heavy atom. The predicted octanol–water partition coefficient (Wildman–Crippen LogP) is 3.33. The summed E-state index contributed by atoms with van der Waals surface area (Å²) in [5.41, 5.74) is 0.838. The summed E-state index contributed by atoms with van der Waals surface area (Å²) < 4.78 is 10.1. The van der Waals surface area contributed by atoms with Crippen molar-refractivity contribution in [3.05, 3.63) is 48.1 Å². The van der Waals surface area contributed by atoms with Crippen LogP contribution in [0.15, 0.2) is 41.0 Å². The van der Waals surface area contributed by atoms with E-state index >= 15 is 0 Å². The summed E-state index contributed by atoms with van der Waals surface area (Å²) >= 11 is 0. The molecule has 0 aliphatic carbocycles. The first-order valence-corrected chi connectivity index (χ1v) is 5.59. The third-order valence-corrected chi connectivity index (χ3v) is 2.21. The summed E-state index contributed by atoms with van der Waals surface area (Å²) in [6.07, 6.45) is 4.74. The molecule has 18 heavy (non-hydrogen) atoms. The van der Waals surface area contributed by atoms with Crippen molar-refractivity contribution in [3.8, 4) is 0 Å². The Morgan fingerprint density at radius 3 is 2.83 bits per heavy atom. The van der Waals surface area contributed by atoms with Crippen LogP contribution >= 0.6 is 0 Å². The minimum absolute atomic E-state index is 0.208. The largest absolute Gasteiger partial charge is 0.502 e. The van der Waals surface area contributed by atoms with Gasteiger partial charge in [-0.2, -0.15) is 0 Å². The molecule has 0 saturated carbocycles. The number of esters is 1. The molecule has 0 amide bonds. The molecular weight excluding hydrogens is 232 g/mol. The van der Waals surface area contributed by atoms with Crippen LogP contribution < -0.4 is 0 Å². The topological polar surface area (TPSA) is 59.7 Å².